The van der Waals surface area contributed by atoms with E-state index in [2.05, 4.69) is 10.6 Å². The van der Waals surface area contributed by atoms with E-state index in [1.165, 1.54) is 4.90 Å². The number of nitrogens with zero attached hydrogens (tertiary/aromatic N) is 2. The second-order valence-electron chi connectivity index (χ2n) is 14.4. The van der Waals surface area contributed by atoms with Crippen LogP contribution in [0.15, 0.2) is 24.3 Å². The van der Waals surface area contributed by atoms with Gasteiger partial charge in [-0.25, -0.2) is 9.59 Å². The molecule has 242 valence electrons. The first-order valence-corrected chi connectivity index (χ1v) is 15.5. The largest absolute Gasteiger partial charge is 0.475 e. The molecule has 13 heteroatoms. The Morgan fingerprint density at radius 1 is 1.00 bits per heavy atom. The third kappa shape index (κ3) is 8.44. The summed E-state index contributed by atoms with van der Waals surface area (Å²) in [7, 11) is -1.77. The lowest BCUT2D eigenvalue weighted by Gasteiger charge is -2.36. The third-order valence-electron chi connectivity index (χ3n) is 8.49. The van der Waals surface area contributed by atoms with Gasteiger partial charge in [-0.05, 0) is 49.7 Å². The van der Waals surface area contributed by atoms with Crippen LogP contribution < -0.4 is 10.6 Å². The molecule has 2 fully saturated rings. The molecule has 0 aromatic heterocycles. The van der Waals surface area contributed by atoms with E-state index < -0.39 is 66.3 Å². The summed E-state index contributed by atoms with van der Waals surface area (Å²) >= 11 is 0. The van der Waals surface area contributed by atoms with Crippen LogP contribution in [0.3, 0.4) is 0 Å². The van der Waals surface area contributed by atoms with Crippen molar-refractivity contribution in [2.75, 3.05) is 6.54 Å². The normalized spacial score (nSPS) is 21.5. The van der Waals surface area contributed by atoms with Crippen molar-refractivity contribution >= 4 is 31.1 Å². The van der Waals surface area contributed by atoms with Crippen molar-refractivity contribution in [2.24, 2.45) is 11.3 Å². The summed E-state index contributed by atoms with van der Waals surface area (Å²) in [5.41, 5.74) is 0.511. The van der Waals surface area contributed by atoms with Crippen molar-refractivity contribution < 1.29 is 38.7 Å². The first-order valence-electron chi connectivity index (χ1n) is 15.5. The maximum atomic E-state index is 14.1. The van der Waals surface area contributed by atoms with Crippen LogP contribution in [0.2, 0.25) is 0 Å². The van der Waals surface area contributed by atoms with Gasteiger partial charge in [0.2, 0.25) is 11.8 Å². The number of hydrogen-bond donors (Lipinski definition) is 4. The summed E-state index contributed by atoms with van der Waals surface area (Å²) in [5.74, 6) is -1.73. The Morgan fingerprint density at radius 2 is 1.61 bits per heavy atom. The average molecular weight is 615 g/mol. The zero-order valence-electron chi connectivity index (χ0n) is 26.7. The van der Waals surface area contributed by atoms with Crippen LogP contribution in [0, 0.1) is 11.3 Å². The summed E-state index contributed by atoms with van der Waals surface area (Å²) in [6, 6.07) is 5.61. The van der Waals surface area contributed by atoms with Crippen molar-refractivity contribution in [3.63, 3.8) is 0 Å². The predicted molar refractivity (Wildman–Crippen MR) is 163 cm³/mol. The Labute approximate surface area is 260 Å². The van der Waals surface area contributed by atoms with E-state index in [-0.39, 0.29) is 18.9 Å². The molecule has 44 heavy (non-hydrogen) atoms. The second-order valence-corrected chi connectivity index (χ2v) is 14.4. The SMILES string of the molecule is CC(C)(C)OC(=O)N[C@H](C(=O)N1C[C@H](OC(=O)N2Cc3ccccc3C2)C[C@H]1C(=O)N[C@@H](CC1CCC1)B(O)O)C(C)(C)C. The lowest BCUT2D eigenvalue weighted by molar-refractivity contribution is -0.142. The van der Waals surface area contributed by atoms with Gasteiger partial charge in [0, 0.05) is 19.5 Å². The minimum Gasteiger partial charge on any atom is -0.444 e. The fraction of sp³-hybridized carbons (Fsp3) is 0.677. The number of likely N-dealkylation sites (tertiary alicyclic amines) is 1. The molecule has 1 aliphatic carbocycles. The summed E-state index contributed by atoms with van der Waals surface area (Å²) in [6.07, 6.45) is 1.28. The van der Waals surface area contributed by atoms with Crippen LogP contribution in [-0.4, -0.2) is 87.2 Å². The third-order valence-corrected chi connectivity index (χ3v) is 8.49. The number of benzene rings is 1. The zero-order chi connectivity index (χ0) is 32.4. The molecule has 4 amide bonds. The Bertz CT molecular complexity index is 1200. The van der Waals surface area contributed by atoms with Gasteiger partial charge in [-0.3, -0.25) is 14.5 Å². The van der Waals surface area contributed by atoms with Crippen molar-refractivity contribution in [3.05, 3.63) is 35.4 Å². The lowest BCUT2D eigenvalue weighted by Crippen LogP contribution is -2.59. The van der Waals surface area contributed by atoms with Crippen molar-refractivity contribution in [1.82, 2.24) is 20.4 Å². The second kappa shape index (κ2) is 13.4. The highest BCUT2D eigenvalue weighted by Crippen LogP contribution is 2.32. The molecule has 0 bridgehead atoms. The number of fused-ring (bicyclic) bond motifs is 1. The van der Waals surface area contributed by atoms with Crippen LogP contribution in [0.4, 0.5) is 9.59 Å². The van der Waals surface area contributed by atoms with E-state index in [4.69, 9.17) is 9.47 Å². The van der Waals surface area contributed by atoms with E-state index in [9.17, 15) is 29.2 Å². The van der Waals surface area contributed by atoms with Gasteiger partial charge in [0.25, 0.3) is 0 Å². The maximum absolute atomic E-state index is 14.1. The van der Waals surface area contributed by atoms with E-state index >= 15 is 0 Å². The Hall–Kier alpha value is -3.32. The van der Waals surface area contributed by atoms with E-state index in [1.54, 1.807) is 46.4 Å². The molecule has 4 rings (SSSR count). The highest BCUT2D eigenvalue weighted by atomic mass is 16.6. The maximum Gasteiger partial charge on any atom is 0.475 e. The Kier molecular flexibility index (Phi) is 10.2. The number of rotatable bonds is 8. The monoisotopic (exact) mass is 614 g/mol. The minimum absolute atomic E-state index is 0.0189. The molecule has 3 aliphatic rings. The van der Waals surface area contributed by atoms with Gasteiger partial charge in [-0.15, -0.1) is 0 Å². The van der Waals surface area contributed by atoms with Gasteiger partial charge < -0.3 is 35.1 Å². The van der Waals surface area contributed by atoms with Gasteiger partial charge in [0.1, 0.15) is 23.8 Å². The molecule has 2 heterocycles. The molecule has 0 unspecified atom stereocenters. The highest BCUT2D eigenvalue weighted by molar-refractivity contribution is 6.43. The first kappa shape index (κ1) is 33.6. The zero-order valence-corrected chi connectivity index (χ0v) is 26.7. The van der Waals surface area contributed by atoms with Crippen LogP contribution in [0.5, 0.6) is 0 Å². The van der Waals surface area contributed by atoms with Crippen molar-refractivity contribution in [2.45, 2.75) is 116 Å². The summed E-state index contributed by atoms with van der Waals surface area (Å²) in [6.45, 7) is 11.3. The number of alkyl carbamates (subject to hydrolysis) is 1. The quantitative estimate of drug-likeness (QED) is 0.326. The number of hydrogen-bond acceptors (Lipinski definition) is 8. The first-order chi connectivity index (χ1) is 20.5. The molecule has 4 N–H and O–H groups in total. The highest BCUT2D eigenvalue weighted by Gasteiger charge is 2.47. The fourth-order valence-electron chi connectivity index (χ4n) is 5.92. The van der Waals surface area contributed by atoms with E-state index in [0.29, 0.717) is 19.5 Å². The van der Waals surface area contributed by atoms with Gasteiger partial charge in [0.15, 0.2) is 0 Å². The molecule has 0 radical (unpaired) electrons. The lowest BCUT2D eigenvalue weighted by atomic mass is 9.69. The molecule has 2 aliphatic heterocycles. The van der Waals surface area contributed by atoms with Crippen LogP contribution in [0.1, 0.15) is 84.8 Å². The number of carbonyl (C=O) groups excluding carboxylic acids is 4. The van der Waals surface area contributed by atoms with Gasteiger partial charge in [0.05, 0.1) is 12.5 Å². The topological polar surface area (TPSA) is 158 Å². The van der Waals surface area contributed by atoms with Crippen molar-refractivity contribution in [1.29, 1.82) is 0 Å². The fourth-order valence-corrected chi connectivity index (χ4v) is 5.92. The van der Waals surface area contributed by atoms with Crippen LogP contribution >= 0.6 is 0 Å². The Balaban J connectivity index is 1.52. The molecule has 0 spiro atoms. The van der Waals surface area contributed by atoms with E-state index in [0.717, 1.165) is 30.4 Å². The standard InChI is InChI=1S/C31H47BN4O8/c1-30(2,3)25(34-28(39)44-31(4,5)6)27(38)36-18-22(43-29(40)35-16-20-12-7-8-13-21(20)17-35)15-23(36)26(37)33-24(32(41)42)14-19-10-9-11-19/h7-8,12-13,19,22-25,41-42H,9-11,14-18H2,1-6H3,(H,33,37)(H,34,39)/t22-,23+,24+,25-/m1/s1. The predicted octanol–water partition coefficient (Wildman–Crippen LogP) is 2.73. The molecule has 1 saturated carbocycles. The van der Waals surface area contributed by atoms with Gasteiger partial charge in [-0.1, -0.05) is 64.3 Å². The van der Waals surface area contributed by atoms with Crippen LogP contribution in [-0.2, 0) is 32.2 Å². The molecule has 4 atom stereocenters. The molecular formula is C31H47BN4O8. The summed E-state index contributed by atoms with van der Waals surface area (Å²) < 4.78 is 11.3. The molecule has 12 nitrogen and oxygen atoms in total. The molecular weight excluding hydrogens is 567 g/mol. The van der Waals surface area contributed by atoms with Crippen molar-refractivity contribution in [3.8, 4) is 0 Å². The molecule has 1 aromatic rings. The summed E-state index contributed by atoms with van der Waals surface area (Å²) in [4.78, 5) is 56.6. The smallest absolute Gasteiger partial charge is 0.444 e. The average Bonchev–Trinajstić information content (AvgIpc) is 3.51. The number of amides is 4. The summed E-state index contributed by atoms with van der Waals surface area (Å²) in [5, 5.41) is 25.5. The minimum atomic E-state index is -1.77. The van der Waals surface area contributed by atoms with Gasteiger partial charge in [-0.2, -0.15) is 0 Å². The molecule has 1 saturated heterocycles. The number of ether oxygens (including phenoxy) is 2. The Morgan fingerprint density at radius 3 is 2.11 bits per heavy atom. The number of nitrogens with one attached hydrogen (secondary N) is 2. The number of carbonyl (C=O) groups is 4. The van der Waals surface area contributed by atoms with Gasteiger partial charge >= 0.3 is 19.3 Å². The van der Waals surface area contributed by atoms with E-state index in [1.807, 2.05) is 24.3 Å². The molecule has 1 aromatic carbocycles. The van der Waals surface area contributed by atoms with Crippen LogP contribution in [0.25, 0.3) is 0 Å².